The van der Waals surface area contributed by atoms with Crippen LogP contribution in [0.15, 0.2) is 23.1 Å². The number of aromatic amines is 1. The van der Waals surface area contributed by atoms with Crippen LogP contribution in [-0.4, -0.2) is 34.1 Å². The summed E-state index contributed by atoms with van der Waals surface area (Å²) in [5.74, 6) is -0.154. The van der Waals surface area contributed by atoms with E-state index in [1.807, 2.05) is 13.8 Å². The van der Waals surface area contributed by atoms with E-state index < -0.39 is 15.8 Å². The molecule has 0 fully saturated rings. The summed E-state index contributed by atoms with van der Waals surface area (Å²) < 4.78 is 29.1. The Labute approximate surface area is 213 Å². The lowest BCUT2D eigenvalue weighted by atomic mass is 10.0. The highest BCUT2D eigenvalue weighted by Crippen LogP contribution is 2.33. The lowest BCUT2D eigenvalue weighted by Gasteiger charge is -2.17. The molecular weight excluding hydrogens is 509 g/mol. The zero-order valence-electron chi connectivity index (χ0n) is 20.0. The molecule has 0 atom stereocenters. The first kappa shape index (κ1) is 25.1. The van der Waals surface area contributed by atoms with E-state index in [9.17, 15) is 13.2 Å². The average molecular weight is 532 g/mol. The Kier molecular flexibility index (Phi) is 6.37. The summed E-state index contributed by atoms with van der Waals surface area (Å²) in [5.41, 5.74) is 3.59. The van der Waals surface area contributed by atoms with Crippen molar-refractivity contribution in [2.75, 3.05) is 4.72 Å². The minimum absolute atomic E-state index is 0.00692. The second-order valence-electron chi connectivity index (χ2n) is 8.42. The Bertz CT molecular complexity index is 1650. The van der Waals surface area contributed by atoms with Crippen LogP contribution >= 0.6 is 23.2 Å². The normalized spacial score (nSPS) is 11.8. The average Bonchev–Trinajstić information content (AvgIpc) is 3.07. The molecule has 0 aliphatic rings. The molecule has 0 saturated carbocycles. The second kappa shape index (κ2) is 8.89. The molecule has 0 amide bonds. The molecule has 3 heterocycles. The van der Waals surface area contributed by atoms with Gasteiger partial charge in [0.2, 0.25) is 5.78 Å². The molecule has 0 bridgehead atoms. The van der Waals surface area contributed by atoms with E-state index in [4.69, 9.17) is 23.2 Å². The fraction of sp³-hybridized carbons (Fsp3) is 0.250. The largest absolute Gasteiger partial charge is 0.343 e. The number of aromatic nitrogens is 4. The Morgan fingerprint density at radius 3 is 2.29 bits per heavy atom. The number of sulfonamides is 1. The topological polar surface area (TPSA) is 118 Å². The number of carbonyl (C=O) groups excluding carboxylic acids is 1. The van der Waals surface area contributed by atoms with Gasteiger partial charge < -0.3 is 4.98 Å². The smallest absolute Gasteiger partial charge is 0.261 e. The summed E-state index contributed by atoms with van der Waals surface area (Å²) >= 11 is 12.5. The number of aryl methyl sites for hydroxylation is 5. The van der Waals surface area contributed by atoms with E-state index in [0.717, 1.165) is 11.3 Å². The van der Waals surface area contributed by atoms with Crippen LogP contribution in [0.25, 0.3) is 11.0 Å². The van der Waals surface area contributed by atoms with Crippen molar-refractivity contribution in [3.05, 3.63) is 73.5 Å². The number of anilines is 1. The number of nitrogens with one attached hydrogen (secondary N) is 2. The van der Waals surface area contributed by atoms with E-state index in [1.54, 1.807) is 27.7 Å². The molecule has 3 aromatic heterocycles. The maximum Gasteiger partial charge on any atom is 0.261 e. The number of fused-ring (bicyclic) bond motifs is 1. The summed E-state index contributed by atoms with van der Waals surface area (Å²) in [6.07, 6.45) is 0. The molecular formula is C24H23Cl2N5O3S. The summed E-state index contributed by atoms with van der Waals surface area (Å²) in [7, 11) is -4.10. The zero-order valence-corrected chi connectivity index (χ0v) is 22.3. The quantitative estimate of drug-likeness (QED) is 0.326. The van der Waals surface area contributed by atoms with Crippen LogP contribution in [0.3, 0.4) is 0 Å². The van der Waals surface area contributed by atoms with Gasteiger partial charge in [-0.15, -0.1) is 0 Å². The van der Waals surface area contributed by atoms with Gasteiger partial charge >= 0.3 is 0 Å². The predicted molar refractivity (Wildman–Crippen MR) is 137 cm³/mol. The zero-order chi connectivity index (χ0) is 25.8. The number of ketones is 1. The number of hydrogen-bond acceptors (Lipinski definition) is 6. The number of nitrogens with zero attached hydrogens (tertiary/aromatic N) is 3. The van der Waals surface area contributed by atoms with Crippen LogP contribution in [0.4, 0.5) is 5.69 Å². The van der Waals surface area contributed by atoms with Crippen molar-refractivity contribution in [1.82, 2.24) is 19.9 Å². The molecule has 11 heteroatoms. The van der Waals surface area contributed by atoms with Crippen molar-refractivity contribution < 1.29 is 13.2 Å². The standard InChI is InChI=1S/C24H23Cl2N5O3S/c1-10-9-16(7-8-17(10)25)35(33,34)31-20-12(3)19(26)14(5)27-22(20)23(32)21-18-11(2)13(4)28-24(18)30-15(6)29-21/h7-9,31H,1-6H3,(H,28,29,30). The summed E-state index contributed by atoms with van der Waals surface area (Å²) in [6.45, 7) is 10.4. The van der Waals surface area contributed by atoms with Crippen LogP contribution in [0.5, 0.6) is 0 Å². The van der Waals surface area contributed by atoms with Gasteiger partial charge in [0.15, 0.2) is 0 Å². The number of benzene rings is 1. The van der Waals surface area contributed by atoms with Crippen LogP contribution in [0.2, 0.25) is 10.0 Å². The highest BCUT2D eigenvalue weighted by molar-refractivity contribution is 7.92. The van der Waals surface area contributed by atoms with Gasteiger partial charge in [0, 0.05) is 10.7 Å². The van der Waals surface area contributed by atoms with Crippen molar-refractivity contribution in [3.63, 3.8) is 0 Å². The Hall–Kier alpha value is -3.01. The monoisotopic (exact) mass is 531 g/mol. The number of hydrogen-bond donors (Lipinski definition) is 2. The van der Waals surface area contributed by atoms with Crippen molar-refractivity contribution in [2.24, 2.45) is 0 Å². The Morgan fingerprint density at radius 2 is 1.63 bits per heavy atom. The molecule has 4 rings (SSSR count). The van der Waals surface area contributed by atoms with Crippen molar-refractivity contribution in [2.45, 2.75) is 46.4 Å². The molecule has 1 aromatic carbocycles. The minimum atomic E-state index is -4.10. The fourth-order valence-electron chi connectivity index (χ4n) is 3.85. The van der Waals surface area contributed by atoms with Crippen molar-refractivity contribution in [1.29, 1.82) is 0 Å². The third kappa shape index (κ3) is 4.39. The van der Waals surface area contributed by atoms with Crippen molar-refractivity contribution >= 4 is 55.7 Å². The molecule has 0 spiro atoms. The molecule has 4 aromatic rings. The van der Waals surface area contributed by atoms with E-state index in [1.165, 1.54) is 18.2 Å². The SMILES string of the molecule is Cc1nc(C(=O)c2nc(C)c(Cl)c(C)c2NS(=O)(=O)c2ccc(Cl)c(C)c2)c2c(C)c(C)[nH]c2n1. The van der Waals surface area contributed by atoms with Crippen LogP contribution in [-0.2, 0) is 10.0 Å². The molecule has 0 aliphatic carbocycles. The molecule has 0 aliphatic heterocycles. The Morgan fingerprint density at radius 1 is 0.943 bits per heavy atom. The van der Waals surface area contributed by atoms with Gasteiger partial charge in [-0.1, -0.05) is 23.2 Å². The van der Waals surface area contributed by atoms with E-state index >= 15 is 0 Å². The fourth-order valence-corrected chi connectivity index (χ4v) is 5.32. The number of H-pyrrole nitrogens is 1. The van der Waals surface area contributed by atoms with E-state index in [-0.39, 0.29) is 27.0 Å². The van der Waals surface area contributed by atoms with Crippen LogP contribution in [0.1, 0.15) is 50.1 Å². The summed E-state index contributed by atoms with van der Waals surface area (Å²) in [5, 5.41) is 1.26. The van der Waals surface area contributed by atoms with Gasteiger partial charge in [0.05, 0.1) is 26.7 Å². The van der Waals surface area contributed by atoms with Gasteiger partial charge in [-0.25, -0.2) is 23.4 Å². The van der Waals surface area contributed by atoms with E-state index in [2.05, 4.69) is 24.7 Å². The first-order valence-electron chi connectivity index (χ1n) is 10.7. The molecule has 8 nitrogen and oxygen atoms in total. The molecule has 0 saturated heterocycles. The second-order valence-corrected chi connectivity index (χ2v) is 10.9. The van der Waals surface area contributed by atoms with Crippen LogP contribution < -0.4 is 4.72 Å². The molecule has 0 unspecified atom stereocenters. The highest BCUT2D eigenvalue weighted by atomic mass is 35.5. The van der Waals surface area contributed by atoms with Gasteiger partial charge in [-0.05, 0) is 76.4 Å². The third-order valence-corrected chi connectivity index (χ3v) is 8.24. The van der Waals surface area contributed by atoms with Gasteiger partial charge in [-0.3, -0.25) is 9.52 Å². The molecule has 182 valence electrons. The van der Waals surface area contributed by atoms with Gasteiger partial charge in [-0.2, -0.15) is 0 Å². The lowest BCUT2D eigenvalue weighted by molar-refractivity contribution is 0.103. The molecule has 2 N–H and O–H groups in total. The first-order valence-corrected chi connectivity index (χ1v) is 12.9. The molecule has 35 heavy (non-hydrogen) atoms. The maximum absolute atomic E-state index is 13.9. The number of halogens is 2. The highest BCUT2D eigenvalue weighted by Gasteiger charge is 2.28. The predicted octanol–water partition coefficient (Wildman–Crippen LogP) is 5.54. The first-order chi connectivity index (χ1) is 16.3. The van der Waals surface area contributed by atoms with E-state index in [0.29, 0.717) is 38.7 Å². The minimum Gasteiger partial charge on any atom is -0.343 e. The number of rotatable bonds is 5. The summed E-state index contributed by atoms with van der Waals surface area (Å²) in [4.78, 5) is 30.2. The van der Waals surface area contributed by atoms with Crippen LogP contribution in [0, 0.1) is 41.5 Å². The Balaban J connectivity index is 1.93. The van der Waals surface area contributed by atoms with Gasteiger partial charge in [0.1, 0.15) is 22.9 Å². The third-order valence-electron chi connectivity index (χ3n) is 5.91. The number of carbonyl (C=O) groups is 1. The van der Waals surface area contributed by atoms with Gasteiger partial charge in [0.25, 0.3) is 10.0 Å². The number of pyridine rings is 1. The van der Waals surface area contributed by atoms with Crippen molar-refractivity contribution in [3.8, 4) is 0 Å². The maximum atomic E-state index is 13.9. The molecule has 0 radical (unpaired) electrons. The summed E-state index contributed by atoms with van der Waals surface area (Å²) in [6, 6.07) is 4.34. The lowest BCUT2D eigenvalue weighted by Crippen LogP contribution is -2.20.